The summed E-state index contributed by atoms with van der Waals surface area (Å²) in [4.78, 5) is 26.0. The summed E-state index contributed by atoms with van der Waals surface area (Å²) in [6.07, 6.45) is -5.64. The van der Waals surface area contributed by atoms with Crippen LogP contribution < -0.4 is 5.56 Å². The number of methoxy groups -OCH3 is 1. The van der Waals surface area contributed by atoms with E-state index in [1.165, 1.54) is 0 Å². The Kier molecular flexibility index (Phi) is 6.61. The van der Waals surface area contributed by atoms with Crippen molar-refractivity contribution < 1.29 is 27.1 Å². The van der Waals surface area contributed by atoms with Gasteiger partial charge in [-0.1, -0.05) is 13.8 Å². The average Bonchev–Trinajstić information content (AvgIpc) is 2.54. The Morgan fingerprint density at radius 2 is 2.00 bits per heavy atom. The number of likely N-dealkylation sites (tertiary alicyclic amines) is 1. The van der Waals surface area contributed by atoms with E-state index in [0.29, 0.717) is 6.07 Å². The molecule has 27 heavy (non-hydrogen) atoms. The zero-order valence-electron chi connectivity index (χ0n) is 15.4. The summed E-state index contributed by atoms with van der Waals surface area (Å²) in [6.45, 7) is 4.13. The maximum Gasteiger partial charge on any atom is 0.418 e. The molecule has 1 aliphatic heterocycles. The number of carbonyl (C=O) groups is 1. The molecule has 2 heterocycles. The van der Waals surface area contributed by atoms with Gasteiger partial charge in [-0.3, -0.25) is 9.69 Å². The molecule has 6 nitrogen and oxygen atoms in total. The molecule has 152 valence electrons. The SMILES string of the molecule is COC(=O)C(CC(C)C)n1nc(CCN2CC(F)C2)c(C(F)(F)F)cc1=O. The third-order valence-corrected chi connectivity index (χ3v) is 4.38. The molecule has 1 aromatic heterocycles. The van der Waals surface area contributed by atoms with E-state index in [1.807, 2.05) is 13.8 Å². The van der Waals surface area contributed by atoms with Crippen LogP contribution in [0, 0.1) is 5.92 Å². The molecule has 0 bridgehead atoms. The maximum absolute atomic E-state index is 13.3. The van der Waals surface area contributed by atoms with E-state index in [0.717, 1.165) is 11.8 Å². The highest BCUT2D eigenvalue weighted by atomic mass is 19.4. The van der Waals surface area contributed by atoms with Crippen molar-refractivity contribution >= 4 is 5.97 Å². The van der Waals surface area contributed by atoms with Crippen LogP contribution in [0.25, 0.3) is 0 Å². The lowest BCUT2D eigenvalue weighted by Crippen LogP contribution is -2.49. The van der Waals surface area contributed by atoms with Gasteiger partial charge in [-0.05, 0) is 12.3 Å². The summed E-state index contributed by atoms with van der Waals surface area (Å²) >= 11 is 0. The summed E-state index contributed by atoms with van der Waals surface area (Å²) in [7, 11) is 1.14. The zero-order chi connectivity index (χ0) is 20.4. The summed E-state index contributed by atoms with van der Waals surface area (Å²) in [5.74, 6) is -0.761. The number of halogens is 4. The lowest BCUT2D eigenvalue weighted by molar-refractivity contribution is -0.145. The van der Waals surface area contributed by atoms with Crippen LogP contribution in [0.3, 0.4) is 0 Å². The predicted molar refractivity (Wildman–Crippen MR) is 89.0 cm³/mol. The van der Waals surface area contributed by atoms with Crippen molar-refractivity contribution in [1.82, 2.24) is 14.7 Å². The van der Waals surface area contributed by atoms with Crippen molar-refractivity contribution in [2.45, 2.75) is 45.1 Å². The van der Waals surface area contributed by atoms with Crippen molar-refractivity contribution in [3.05, 3.63) is 27.7 Å². The van der Waals surface area contributed by atoms with Gasteiger partial charge in [0.15, 0.2) is 6.04 Å². The molecule has 1 fully saturated rings. The molecular weight excluding hydrogens is 370 g/mol. The van der Waals surface area contributed by atoms with Gasteiger partial charge in [-0.25, -0.2) is 13.9 Å². The fourth-order valence-corrected chi connectivity index (χ4v) is 2.99. The van der Waals surface area contributed by atoms with E-state index >= 15 is 0 Å². The van der Waals surface area contributed by atoms with Gasteiger partial charge in [0.2, 0.25) is 0 Å². The third kappa shape index (κ3) is 5.27. The highest BCUT2D eigenvalue weighted by molar-refractivity contribution is 5.73. The van der Waals surface area contributed by atoms with Crippen molar-refractivity contribution in [1.29, 1.82) is 0 Å². The minimum atomic E-state index is -4.75. The second kappa shape index (κ2) is 8.37. The summed E-state index contributed by atoms with van der Waals surface area (Å²) in [5, 5.41) is 3.87. The van der Waals surface area contributed by atoms with E-state index in [4.69, 9.17) is 0 Å². The minimum absolute atomic E-state index is 0.0175. The number of rotatable bonds is 7. The summed E-state index contributed by atoms with van der Waals surface area (Å²) < 4.78 is 58.3. The number of ether oxygens (including phenoxy) is 1. The van der Waals surface area contributed by atoms with Crippen LogP contribution in [0.15, 0.2) is 10.9 Å². The third-order valence-electron chi connectivity index (χ3n) is 4.38. The Morgan fingerprint density at radius 1 is 1.37 bits per heavy atom. The molecule has 0 N–H and O–H groups in total. The number of esters is 1. The Hall–Kier alpha value is -1.97. The second-order valence-corrected chi connectivity index (χ2v) is 7.06. The number of carbonyl (C=O) groups excluding carboxylic acids is 1. The molecule has 1 aromatic rings. The topological polar surface area (TPSA) is 64.4 Å². The van der Waals surface area contributed by atoms with Gasteiger partial charge in [-0.15, -0.1) is 0 Å². The van der Waals surface area contributed by atoms with Crippen LogP contribution in [-0.4, -0.2) is 53.6 Å². The van der Waals surface area contributed by atoms with E-state index in [9.17, 15) is 27.2 Å². The van der Waals surface area contributed by atoms with Gasteiger partial charge in [0.1, 0.15) is 6.17 Å². The predicted octanol–water partition coefficient (Wildman–Crippen LogP) is 2.22. The number of aromatic nitrogens is 2. The molecule has 0 amide bonds. The molecule has 0 radical (unpaired) electrons. The highest BCUT2D eigenvalue weighted by Crippen LogP contribution is 2.31. The Labute approximate surface area is 154 Å². The molecule has 0 saturated carbocycles. The molecular formula is C17H23F4N3O3. The minimum Gasteiger partial charge on any atom is -0.467 e. The Morgan fingerprint density at radius 3 is 2.48 bits per heavy atom. The van der Waals surface area contributed by atoms with Crippen LogP contribution in [0.5, 0.6) is 0 Å². The molecule has 2 rings (SSSR count). The lowest BCUT2D eigenvalue weighted by Gasteiger charge is -2.34. The second-order valence-electron chi connectivity index (χ2n) is 7.06. The van der Waals surface area contributed by atoms with Gasteiger partial charge in [0.05, 0.1) is 18.4 Å². The number of nitrogens with zero attached hydrogens (tertiary/aromatic N) is 3. The van der Waals surface area contributed by atoms with Gasteiger partial charge in [-0.2, -0.15) is 18.3 Å². The van der Waals surface area contributed by atoms with Gasteiger partial charge in [0, 0.05) is 32.1 Å². The molecule has 1 saturated heterocycles. The molecule has 0 spiro atoms. The van der Waals surface area contributed by atoms with Gasteiger partial charge >= 0.3 is 12.1 Å². The first-order valence-corrected chi connectivity index (χ1v) is 8.67. The first-order valence-electron chi connectivity index (χ1n) is 8.67. The van der Waals surface area contributed by atoms with Crippen molar-refractivity contribution in [2.24, 2.45) is 5.92 Å². The Balaban J connectivity index is 2.40. The summed E-state index contributed by atoms with van der Waals surface area (Å²) in [5.41, 5.74) is -2.49. The molecule has 1 unspecified atom stereocenters. The van der Waals surface area contributed by atoms with Crippen LogP contribution in [0.1, 0.15) is 37.6 Å². The number of alkyl halides is 4. The number of hydrogen-bond donors (Lipinski definition) is 0. The van der Waals surface area contributed by atoms with Gasteiger partial charge in [0.25, 0.3) is 5.56 Å². The molecule has 0 aliphatic carbocycles. The highest BCUT2D eigenvalue weighted by Gasteiger charge is 2.37. The zero-order valence-corrected chi connectivity index (χ0v) is 15.4. The standard InChI is InChI=1S/C17H23F4N3O3/c1-10(2)6-14(16(26)27-3)24-15(25)7-12(17(19,20)21)13(22-24)4-5-23-8-11(18)9-23/h7,10-11,14H,4-6,8-9H2,1-3H3. The number of hydrogen-bond acceptors (Lipinski definition) is 5. The van der Waals surface area contributed by atoms with Crippen LogP contribution in [0.2, 0.25) is 0 Å². The molecule has 10 heteroatoms. The molecule has 1 aliphatic rings. The monoisotopic (exact) mass is 393 g/mol. The van der Waals surface area contributed by atoms with Crippen molar-refractivity contribution in [3.8, 4) is 0 Å². The van der Waals surface area contributed by atoms with Crippen LogP contribution in [-0.2, 0) is 22.1 Å². The smallest absolute Gasteiger partial charge is 0.418 e. The first kappa shape index (κ1) is 21.3. The molecule has 0 aromatic carbocycles. The van der Waals surface area contributed by atoms with E-state index < -0.39 is 35.5 Å². The average molecular weight is 393 g/mol. The normalized spacial score (nSPS) is 17.0. The quantitative estimate of drug-likeness (QED) is 0.525. The largest absolute Gasteiger partial charge is 0.467 e. The molecule has 1 atom stereocenters. The maximum atomic E-state index is 13.3. The van der Waals surface area contributed by atoms with Crippen LogP contribution >= 0.6 is 0 Å². The summed E-state index contributed by atoms with van der Waals surface area (Å²) in [6, 6.07) is -0.644. The van der Waals surface area contributed by atoms with Crippen LogP contribution in [0.4, 0.5) is 17.6 Å². The fourth-order valence-electron chi connectivity index (χ4n) is 2.99. The Bertz CT molecular complexity index is 727. The van der Waals surface area contributed by atoms with E-state index in [-0.39, 0.29) is 44.1 Å². The first-order chi connectivity index (χ1) is 12.5. The fraction of sp³-hybridized carbons (Fsp3) is 0.706. The lowest BCUT2D eigenvalue weighted by atomic mass is 10.0. The van der Waals surface area contributed by atoms with Crippen molar-refractivity contribution in [2.75, 3.05) is 26.7 Å². The van der Waals surface area contributed by atoms with Gasteiger partial charge < -0.3 is 4.74 Å². The van der Waals surface area contributed by atoms with E-state index in [2.05, 4.69) is 9.84 Å². The van der Waals surface area contributed by atoms with Crippen molar-refractivity contribution in [3.63, 3.8) is 0 Å². The van der Waals surface area contributed by atoms with E-state index in [1.54, 1.807) is 4.90 Å².